The fourth-order valence-electron chi connectivity index (χ4n) is 1.57. The number of carbonyl (C=O) groups is 1. The third kappa shape index (κ3) is 5.60. The molecule has 0 aliphatic heterocycles. The zero-order valence-electron chi connectivity index (χ0n) is 11.4. The van der Waals surface area contributed by atoms with Crippen molar-refractivity contribution in [2.24, 2.45) is 5.73 Å². The van der Waals surface area contributed by atoms with E-state index in [0.717, 1.165) is 0 Å². The van der Waals surface area contributed by atoms with Crippen LogP contribution < -0.4 is 15.8 Å². The van der Waals surface area contributed by atoms with Gasteiger partial charge in [0.15, 0.2) is 0 Å². The standard InChI is InChI=1S/C13H16F2N2O3S/c1-19-9-4-2-3-8(13(16)21)12(9)17-11(18)5-6-20-7-10(14)15/h2-4,10H,5-7H2,1H3,(H2,16,21)(H,17,18). The molecule has 1 amide bonds. The van der Waals surface area contributed by atoms with Gasteiger partial charge >= 0.3 is 0 Å². The number of benzene rings is 1. The third-order valence-electron chi connectivity index (χ3n) is 2.49. The number of alkyl halides is 2. The Morgan fingerprint density at radius 2 is 2.19 bits per heavy atom. The summed E-state index contributed by atoms with van der Waals surface area (Å²) in [6, 6.07) is 4.98. The predicted molar refractivity (Wildman–Crippen MR) is 79.0 cm³/mol. The molecule has 0 fully saturated rings. The topological polar surface area (TPSA) is 73.6 Å². The van der Waals surface area contributed by atoms with E-state index in [2.05, 4.69) is 10.1 Å². The van der Waals surface area contributed by atoms with Gasteiger partial charge in [-0.3, -0.25) is 4.79 Å². The summed E-state index contributed by atoms with van der Waals surface area (Å²) < 4.78 is 33.5. The number of carbonyl (C=O) groups excluding carboxylic acids is 1. The average Bonchev–Trinajstić information content (AvgIpc) is 2.43. The molecule has 8 heteroatoms. The van der Waals surface area contributed by atoms with Gasteiger partial charge in [-0.25, -0.2) is 8.78 Å². The van der Waals surface area contributed by atoms with E-state index in [0.29, 0.717) is 17.0 Å². The first-order valence-electron chi connectivity index (χ1n) is 6.08. The number of hydrogen-bond donors (Lipinski definition) is 2. The Labute approximate surface area is 126 Å². The lowest BCUT2D eigenvalue weighted by atomic mass is 10.1. The average molecular weight is 318 g/mol. The summed E-state index contributed by atoms with van der Waals surface area (Å²) in [4.78, 5) is 11.9. The molecule has 0 spiro atoms. The number of thiocarbonyl (C=S) groups is 1. The van der Waals surface area contributed by atoms with Crippen LogP contribution in [0.3, 0.4) is 0 Å². The van der Waals surface area contributed by atoms with Crippen LogP contribution in [0.4, 0.5) is 14.5 Å². The van der Waals surface area contributed by atoms with Crippen molar-refractivity contribution in [1.82, 2.24) is 0 Å². The Morgan fingerprint density at radius 3 is 2.76 bits per heavy atom. The molecule has 1 aromatic rings. The second-order valence-corrected chi connectivity index (χ2v) is 4.45. The number of ether oxygens (including phenoxy) is 2. The van der Waals surface area contributed by atoms with Gasteiger partial charge in [0.05, 0.1) is 25.8 Å². The first-order valence-corrected chi connectivity index (χ1v) is 6.49. The highest BCUT2D eigenvalue weighted by Crippen LogP contribution is 2.28. The number of hydrogen-bond acceptors (Lipinski definition) is 4. The molecule has 3 N–H and O–H groups in total. The smallest absolute Gasteiger partial charge is 0.261 e. The Morgan fingerprint density at radius 1 is 1.48 bits per heavy atom. The number of rotatable bonds is 8. The van der Waals surface area contributed by atoms with Crippen molar-refractivity contribution in [3.05, 3.63) is 23.8 Å². The summed E-state index contributed by atoms with van der Waals surface area (Å²) in [5.74, 6) is -0.00610. The molecule has 0 heterocycles. The maximum Gasteiger partial charge on any atom is 0.261 e. The van der Waals surface area contributed by atoms with Gasteiger partial charge < -0.3 is 20.5 Å². The van der Waals surface area contributed by atoms with Crippen molar-refractivity contribution in [2.45, 2.75) is 12.8 Å². The van der Waals surface area contributed by atoms with E-state index in [-0.39, 0.29) is 18.0 Å². The van der Waals surface area contributed by atoms with Gasteiger partial charge in [-0.1, -0.05) is 18.3 Å². The summed E-state index contributed by atoms with van der Waals surface area (Å²) in [5.41, 5.74) is 6.40. The van der Waals surface area contributed by atoms with Crippen LogP contribution in [0.15, 0.2) is 18.2 Å². The summed E-state index contributed by atoms with van der Waals surface area (Å²) in [6.45, 7) is -0.798. The summed E-state index contributed by atoms with van der Waals surface area (Å²) in [5, 5.41) is 2.60. The van der Waals surface area contributed by atoms with Gasteiger partial charge in [0.25, 0.3) is 6.43 Å². The Bertz CT molecular complexity index is 512. The third-order valence-corrected chi connectivity index (χ3v) is 2.71. The Kier molecular flexibility index (Phi) is 6.97. The molecule has 0 saturated carbocycles. The fraction of sp³-hybridized carbons (Fsp3) is 0.385. The lowest BCUT2D eigenvalue weighted by Crippen LogP contribution is -2.19. The molecule has 1 aromatic carbocycles. The Hall–Kier alpha value is -1.80. The molecule has 116 valence electrons. The molecule has 21 heavy (non-hydrogen) atoms. The van der Waals surface area contributed by atoms with Crippen molar-refractivity contribution in [1.29, 1.82) is 0 Å². The molecule has 0 radical (unpaired) electrons. The molecular formula is C13H16F2N2O3S. The van der Waals surface area contributed by atoms with Gasteiger partial charge in [0.2, 0.25) is 5.91 Å². The quantitative estimate of drug-likeness (QED) is 0.566. The van der Waals surface area contributed by atoms with Crippen molar-refractivity contribution in [2.75, 3.05) is 25.6 Å². The molecule has 1 rings (SSSR count). The van der Waals surface area contributed by atoms with Crippen LogP contribution in [0, 0.1) is 0 Å². The maximum absolute atomic E-state index is 11.9. The summed E-state index contributed by atoms with van der Waals surface area (Å²) >= 11 is 4.91. The van der Waals surface area contributed by atoms with Crippen molar-refractivity contribution in [3.8, 4) is 5.75 Å². The largest absolute Gasteiger partial charge is 0.495 e. The zero-order valence-corrected chi connectivity index (χ0v) is 12.2. The van der Waals surface area contributed by atoms with Gasteiger partial charge in [-0.2, -0.15) is 0 Å². The Balaban J connectivity index is 2.68. The van der Waals surface area contributed by atoms with Crippen LogP contribution in [0.5, 0.6) is 5.75 Å². The molecule has 0 bridgehead atoms. The second-order valence-electron chi connectivity index (χ2n) is 4.01. The van der Waals surface area contributed by atoms with E-state index in [1.54, 1.807) is 18.2 Å². The lowest BCUT2D eigenvalue weighted by molar-refractivity contribution is -0.117. The minimum atomic E-state index is -2.55. The van der Waals surface area contributed by atoms with E-state index >= 15 is 0 Å². The highest BCUT2D eigenvalue weighted by atomic mass is 32.1. The SMILES string of the molecule is COc1cccc(C(N)=S)c1NC(=O)CCOCC(F)F. The van der Waals surface area contributed by atoms with Crippen LogP contribution in [0.25, 0.3) is 0 Å². The molecule has 0 atom stereocenters. The number of methoxy groups -OCH3 is 1. The number of amides is 1. The predicted octanol–water partition coefficient (Wildman–Crippen LogP) is 1.94. The highest BCUT2D eigenvalue weighted by molar-refractivity contribution is 7.80. The molecule has 0 unspecified atom stereocenters. The second kappa shape index (κ2) is 8.48. The number of para-hydroxylation sites is 1. The van der Waals surface area contributed by atoms with Crippen molar-refractivity contribution < 1.29 is 23.0 Å². The number of anilines is 1. The maximum atomic E-state index is 11.9. The molecule has 0 aromatic heterocycles. The lowest BCUT2D eigenvalue weighted by Gasteiger charge is -2.14. The van der Waals surface area contributed by atoms with Crippen LogP contribution in [-0.2, 0) is 9.53 Å². The normalized spacial score (nSPS) is 10.5. The molecule has 0 aliphatic carbocycles. The minimum Gasteiger partial charge on any atom is -0.495 e. The van der Waals surface area contributed by atoms with Crippen molar-refractivity contribution >= 4 is 28.8 Å². The fourth-order valence-corrected chi connectivity index (χ4v) is 1.74. The zero-order chi connectivity index (χ0) is 15.8. The molecular weight excluding hydrogens is 302 g/mol. The molecule has 5 nitrogen and oxygen atoms in total. The molecule has 0 aliphatic rings. The van der Waals surface area contributed by atoms with E-state index in [1.807, 2.05) is 0 Å². The minimum absolute atomic E-state index is 0.0679. The van der Waals surface area contributed by atoms with E-state index in [9.17, 15) is 13.6 Å². The number of nitrogens with two attached hydrogens (primary N) is 1. The van der Waals surface area contributed by atoms with Crippen molar-refractivity contribution in [3.63, 3.8) is 0 Å². The van der Waals surface area contributed by atoms with Gasteiger partial charge in [0.1, 0.15) is 17.3 Å². The monoisotopic (exact) mass is 318 g/mol. The van der Waals surface area contributed by atoms with Crippen LogP contribution in [0.1, 0.15) is 12.0 Å². The molecule has 0 saturated heterocycles. The van der Waals surface area contributed by atoms with E-state index < -0.39 is 18.9 Å². The van der Waals surface area contributed by atoms with Gasteiger partial charge in [-0.05, 0) is 12.1 Å². The highest BCUT2D eigenvalue weighted by Gasteiger charge is 2.14. The summed E-state index contributed by atoms with van der Waals surface area (Å²) in [6.07, 6.45) is -2.62. The number of halogens is 2. The van der Waals surface area contributed by atoms with Crippen LogP contribution in [-0.4, -0.2) is 37.6 Å². The van der Waals surface area contributed by atoms with E-state index in [1.165, 1.54) is 7.11 Å². The van der Waals surface area contributed by atoms with E-state index in [4.69, 9.17) is 22.7 Å². The number of nitrogens with one attached hydrogen (secondary N) is 1. The van der Waals surface area contributed by atoms with Crippen LogP contribution in [0.2, 0.25) is 0 Å². The van der Waals surface area contributed by atoms with Crippen LogP contribution >= 0.6 is 12.2 Å². The van der Waals surface area contributed by atoms with Gasteiger partial charge in [-0.15, -0.1) is 0 Å². The first kappa shape index (κ1) is 17.3. The first-order chi connectivity index (χ1) is 9.95. The summed E-state index contributed by atoms with van der Waals surface area (Å²) in [7, 11) is 1.44. The van der Waals surface area contributed by atoms with Gasteiger partial charge in [0, 0.05) is 5.56 Å².